The lowest BCUT2D eigenvalue weighted by molar-refractivity contribution is 0.409. The van der Waals surface area contributed by atoms with E-state index in [1.54, 1.807) is 7.11 Å². The lowest BCUT2D eigenvalue weighted by Gasteiger charge is -2.22. The molecule has 2 N–H and O–H groups in total. The average molecular weight is 286 g/mol. The zero-order valence-corrected chi connectivity index (χ0v) is 12.8. The summed E-state index contributed by atoms with van der Waals surface area (Å²) in [7, 11) is 3.69. The fraction of sp³-hybridized carbons (Fsp3) is 0.375. The van der Waals surface area contributed by atoms with Gasteiger partial charge in [-0.25, -0.2) is 9.97 Å². The van der Waals surface area contributed by atoms with Crippen LogP contribution in [0.2, 0.25) is 0 Å². The molecule has 1 heterocycles. The molecule has 5 nitrogen and oxygen atoms in total. The van der Waals surface area contributed by atoms with E-state index in [-0.39, 0.29) is 0 Å². The van der Waals surface area contributed by atoms with E-state index in [9.17, 15) is 0 Å². The summed E-state index contributed by atoms with van der Waals surface area (Å²) in [4.78, 5) is 10.6. The van der Waals surface area contributed by atoms with E-state index in [0.29, 0.717) is 12.4 Å². The summed E-state index contributed by atoms with van der Waals surface area (Å²) in [6.45, 7) is 2.83. The summed E-state index contributed by atoms with van der Waals surface area (Å²) < 4.78 is 5.40. The maximum absolute atomic E-state index is 5.99. The van der Waals surface area contributed by atoms with Gasteiger partial charge in [0, 0.05) is 24.7 Å². The fourth-order valence-electron chi connectivity index (χ4n) is 2.40. The number of nitrogen functional groups attached to an aromatic ring is 1. The van der Waals surface area contributed by atoms with Crippen LogP contribution in [0.15, 0.2) is 30.6 Å². The highest BCUT2D eigenvalue weighted by Crippen LogP contribution is 2.25. The number of para-hydroxylation sites is 1. The maximum Gasteiger partial charge on any atom is 0.137 e. The minimum atomic E-state index is 0.564. The van der Waals surface area contributed by atoms with Crippen LogP contribution < -0.4 is 15.4 Å². The van der Waals surface area contributed by atoms with Crippen molar-refractivity contribution < 1.29 is 4.74 Å². The van der Waals surface area contributed by atoms with Crippen LogP contribution in [0.25, 0.3) is 0 Å². The van der Waals surface area contributed by atoms with Crippen molar-refractivity contribution in [2.24, 2.45) is 0 Å². The van der Waals surface area contributed by atoms with Crippen LogP contribution in [-0.2, 0) is 13.0 Å². The Kier molecular flexibility index (Phi) is 4.98. The highest BCUT2D eigenvalue weighted by Gasteiger charge is 2.14. The summed E-state index contributed by atoms with van der Waals surface area (Å²) in [6.07, 6.45) is 3.40. The first kappa shape index (κ1) is 15.1. The number of methoxy groups -OCH3 is 1. The molecule has 2 aromatic rings. The average Bonchev–Trinajstić information content (AvgIpc) is 2.50. The van der Waals surface area contributed by atoms with Gasteiger partial charge < -0.3 is 15.4 Å². The molecule has 0 unspecified atom stereocenters. The Morgan fingerprint density at radius 3 is 2.71 bits per heavy atom. The van der Waals surface area contributed by atoms with Crippen LogP contribution >= 0.6 is 0 Å². The molecular formula is C16H22N4O. The van der Waals surface area contributed by atoms with Crippen molar-refractivity contribution in [1.82, 2.24) is 9.97 Å². The largest absolute Gasteiger partial charge is 0.496 e. The second kappa shape index (κ2) is 6.92. The molecule has 0 amide bonds. The molecule has 1 aromatic carbocycles. The molecule has 0 saturated carbocycles. The van der Waals surface area contributed by atoms with Gasteiger partial charge in [0.25, 0.3) is 0 Å². The third kappa shape index (κ3) is 3.42. The van der Waals surface area contributed by atoms with Crippen molar-refractivity contribution in [3.05, 3.63) is 41.7 Å². The molecule has 0 saturated heterocycles. The van der Waals surface area contributed by atoms with Crippen LogP contribution in [0.1, 0.15) is 24.5 Å². The Morgan fingerprint density at radius 2 is 2.00 bits per heavy atom. The first-order chi connectivity index (χ1) is 10.2. The number of ether oxygens (including phenoxy) is 1. The molecule has 2 rings (SSSR count). The highest BCUT2D eigenvalue weighted by atomic mass is 16.5. The second-order valence-electron chi connectivity index (χ2n) is 4.98. The number of nitrogens with zero attached hydrogens (tertiary/aromatic N) is 3. The number of anilines is 2. The predicted octanol–water partition coefficient (Wildman–Crippen LogP) is 2.66. The van der Waals surface area contributed by atoms with E-state index in [0.717, 1.165) is 35.5 Å². The summed E-state index contributed by atoms with van der Waals surface area (Å²) in [5, 5.41) is 0. The molecule has 0 atom stereocenters. The van der Waals surface area contributed by atoms with E-state index < -0.39 is 0 Å². The molecule has 0 fully saturated rings. The van der Waals surface area contributed by atoms with Gasteiger partial charge in [-0.3, -0.25) is 0 Å². The quantitative estimate of drug-likeness (QED) is 0.884. The van der Waals surface area contributed by atoms with Crippen molar-refractivity contribution in [3.63, 3.8) is 0 Å². The van der Waals surface area contributed by atoms with Crippen molar-refractivity contribution in [2.75, 3.05) is 24.8 Å². The van der Waals surface area contributed by atoms with Gasteiger partial charge in [-0.2, -0.15) is 0 Å². The fourth-order valence-corrected chi connectivity index (χ4v) is 2.40. The van der Waals surface area contributed by atoms with Gasteiger partial charge in [-0.1, -0.05) is 31.5 Å². The predicted molar refractivity (Wildman–Crippen MR) is 85.5 cm³/mol. The van der Waals surface area contributed by atoms with Gasteiger partial charge in [-0.15, -0.1) is 0 Å². The lowest BCUT2D eigenvalue weighted by Crippen LogP contribution is -2.21. The van der Waals surface area contributed by atoms with E-state index in [1.165, 1.54) is 6.33 Å². The van der Waals surface area contributed by atoms with Gasteiger partial charge in [0.05, 0.1) is 7.11 Å². The minimum absolute atomic E-state index is 0.564. The highest BCUT2D eigenvalue weighted by molar-refractivity contribution is 5.56. The Labute approximate surface area is 125 Å². The zero-order valence-electron chi connectivity index (χ0n) is 12.8. The van der Waals surface area contributed by atoms with Crippen LogP contribution in [-0.4, -0.2) is 24.1 Å². The third-order valence-electron chi connectivity index (χ3n) is 3.42. The molecule has 1 aromatic heterocycles. The number of hydrogen-bond acceptors (Lipinski definition) is 5. The molecule has 21 heavy (non-hydrogen) atoms. The van der Waals surface area contributed by atoms with Gasteiger partial charge >= 0.3 is 0 Å². The SMILES string of the molecule is CCCc1c(N)ncnc1N(C)Cc1ccccc1OC. The summed E-state index contributed by atoms with van der Waals surface area (Å²) in [6, 6.07) is 7.99. The molecular weight excluding hydrogens is 264 g/mol. The molecule has 0 aliphatic rings. The Bertz CT molecular complexity index is 601. The molecule has 0 bridgehead atoms. The maximum atomic E-state index is 5.99. The summed E-state index contributed by atoms with van der Waals surface area (Å²) in [5.74, 6) is 2.33. The second-order valence-corrected chi connectivity index (χ2v) is 4.98. The minimum Gasteiger partial charge on any atom is -0.496 e. The van der Waals surface area contributed by atoms with Gasteiger partial charge in [-0.05, 0) is 12.5 Å². The van der Waals surface area contributed by atoms with E-state index in [2.05, 4.69) is 27.9 Å². The topological polar surface area (TPSA) is 64.3 Å². The number of nitrogens with two attached hydrogens (primary N) is 1. The summed E-state index contributed by atoms with van der Waals surface area (Å²) in [5.41, 5.74) is 8.12. The van der Waals surface area contributed by atoms with Crippen molar-refractivity contribution in [1.29, 1.82) is 0 Å². The van der Waals surface area contributed by atoms with E-state index in [1.807, 2.05) is 25.2 Å². The number of hydrogen-bond donors (Lipinski definition) is 1. The first-order valence-corrected chi connectivity index (χ1v) is 7.09. The first-order valence-electron chi connectivity index (χ1n) is 7.09. The Hall–Kier alpha value is -2.30. The molecule has 5 heteroatoms. The number of benzene rings is 1. The Balaban J connectivity index is 2.28. The zero-order chi connectivity index (χ0) is 15.2. The van der Waals surface area contributed by atoms with Crippen molar-refractivity contribution in [2.45, 2.75) is 26.3 Å². The van der Waals surface area contributed by atoms with Crippen molar-refractivity contribution in [3.8, 4) is 5.75 Å². The third-order valence-corrected chi connectivity index (χ3v) is 3.42. The monoisotopic (exact) mass is 286 g/mol. The number of aromatic nitrogens is 2. The molecule has 0 spiro atoms. The molecule has 0 aliphatic heterocycles. The molecule has 0 radical (unpaired) electrons. The number of rotatable bonds is 6. The van der Waals surface area contributed by atoms with Gasteiger partial charge in [0.1, 0.15) is 23.7 Å². The van der Waals surface area contributed by atoms with Crippen LogP contribution in [0, 0.1) is 0 Å². The smallest absolute Gasteiger partial charge is 0.137 e. The van der Waals surface area contributed by atoms with Gasteiger partial charge in [0.15, 0.2) is 0 Å². The van der Waals surface area contributed by atoms with E-state index >= 15 is 0 Å². The van der Waals surface area contributed by atoms with Crippen LogP contribution in [0.3, 0.4) is 0 Å². The normalized spacial score (nSPS) is 10.4. The lowest BCUT2D eigenvalue weighted by atomic mass is 10.1. The van der Waals surface area contributed by atoms with E-state index in [4.69, 9.17) is 10.5 Å². The van der Waals surface area contributed by atoms with Gasteiger partial charge in [0.2, 0.25) is 0 Å². The van der Waals surface area contributed by atoms with Crippen LogP contribution in [0.5, 0.6) is 5.75 Å². The molecule has 0 aliphatic carbocycles. The van der Waals surface area contributed by atoms with Crippen molar-refractivity contribution >= 4 is 11.6 Å². The standard InChI is InChI=1S/C16H22N4O/c1-4-7-13-15(17)18-11-19-16(13)20(2)10-12-8-5-6-9-14(12)21-3/h5-6,8-9,11H,4,7,10H2,1-3H3,(H2,17,18,19). The van der Waals surface area contributed by atoms with Crippen LogP contribution in [0.4, 0.5) is 11.6 Å². The Morgan fingerprint density at radius 1 is 1.24 bits per heavy atom. The summed E-state index contributed by atoms with van der Waals surface area (Å²) >= 11 is 0. The molecule has 112 valence electrons.